The number of methoxy groups -OCH3 is 1. The van der Waals surface area contributed by atoms with Gasteiger partial charge in [-0.2, -0.15) is 0 Å². The maximum absolute atomic E-state index is 5.28. The Labute approximate surface area is 132 Å². The molecule has 0 aliphatic rings. The number of ether oxygens (including phenoxy) is 1. The first kappa shape index (κ1) is 14.6. The molecule has 0 saturated carbocycles. The number of benzene rings is 3. The maximum atomic E-state index is 5.28. The average molecular weight is 289 g/mol. The van der Waals surface area contributed by atoms with Crippen molar-refractivity contribution in [3.63, 3.8) is 0 Å². The second kappa shape index (κ2) is 6.23. The van der Waals surface area contributed by atoms with Gasteiger partial charge in [0.2, 0.25) is 0 Å². The molecular formula is C21H21O. The zero-order valence-corrected chi connectivity index (χ0v) is 13.4. The monoisotopic (exact) mass is 289 g/mol. The first-order valence-corrected chi connectivity index (χ1v) is 7.74. The van der Waals surface area contributed by atoms with Crippen LogP contribution in [-0.4, -0.2) is 7.11 Å². The molecule has 0 aromatic heterocycles. The molecule has 0 spiro atoms. The van der Waals surface area contributed by atoms with E-state index in [1.807, 2.05) is 12.1 Å². The second-order valence-corrected chi connectivity index (χ2v) is 6.14. The Kier molecular flexibility index (Phi) is 4.15. The van der Waals surface area contributed by atoms with Gasteiger partial charge in [-0.3, -0.25) is 0 Å². The van der Waals surface area contributed by atoms with E-state index in [4.69, 9.17) is 4.74 Å². The predicted molar refractivity (Wildman–Crippen MR) is 93.3 cm³/mol. The van der Waals surface area contributed by atoms with Crippen LogP contribution in [0.15, 0.2) is 54.6 Å². The summed E-state index contributed by atoms with van der Waals surface area (Å²) in [4.78, 5) is 0. The van der Waals surface area contributed by atoms with Gasteiger partial charge in [0.15, 0.2) is 0 Å². The van der Waals surface area contributed by atoms with E-state index in [0.29, 0.717) is 5.92 Å². The molecule has 1 radical (unpaired) electrons. The lowest BCUT2D eigenvalue weighted by Gasteiger charge is -2.09. The number of rotatable bonds is 4. The molecule has 0 saturated heterocycles. The molecule has 0 aliphatic carbocycles. The first-order chi connectivity index (χ1) is 10.7. The Bertz CT molecular complexity index is 787. The van der Waals surface area contributed by atoms with E-state index in [1.54, 1.807) is 7.11 Å². The fourth-order valence-electron chi connectivity index (χ4n) is 2.80. The minimum absolute atomic E-state index is 0.666. The largest absolute Gasteiger partial charge is 0.497 e. The lowest BCUT2D eigenvalue weighted by Crippen LogP contribution is -1.94. The summed E-state index contributed by atoms with van der Waals surface area (Å²) < 4.78 is 5.28. The molecule has 0 bridgehead atoms. The van der Waals surface area contributed by atoms with Crippen LogP contribution in [0.3, 0.4) is 0 Å². The quantitative estimate of drug-likeness (QED) is 0.615. The summed E-state index contributed by atoms with van der Waals surface area (Å²) in [6, 6.07) is 22.5. The maximum Gasteiger partial charge on any atom is 0.119 e. The molecule has 0 fully saturated rings. The van der Waals surface area contributed by atoms with Crippen molar-refractivity contribution in [3.05, 3.63) is 66.2 Å². The van der Waals surface area contributed by atoms with Gasteiger partial charge in [0, 0.05) is 0 Å². The highest BCUT2D eigenvalue weighted by atomic mass is 16.5. The molecule has 0 aliphatic heterocycles. The highest BCUT2D eigenvalue weighted by Gasteiger charge is 2.04. The van der Waals surface area contributed by atoms with E-state index < -0.39 is 0 Å². The zero-order chi connectivity index (χ0) is 15.5. The van der Waals surface area contributed by atoms with Crippen LogP contribution < -0.4 is 4.74 Å². The van der Waals surface area contributed by atoms with Crippen LogP contribution in [0.5, 0.6) is 5.75 Å². The third-order valence-electron chi connectivity index (χ3n) is 3.87. The van der Waals surface area contributed by atoms with Crippen LogP contribution in [0, 0.1) is 12.0 Å². The van der Waals surface area contributed by atoms with Gasteiger partial charge in [-0.1, -0.05) is 50.2 Å². The van der Waals surface area contributed by atoms with Crippen molar-refractivity contribution in [2.24, 2.45) is 5.92 Å². The molecule has 3 rings (SSSR count). The summed E-state index contributed by atoms with van der Waals surface area (Å²) in [5.74, 6) is 1.56. The van der Waals surface area contributed by atoms with Gasteiger partial charge in [-0.05, 0) is 64.1 Å². The van der Waals surface area contributed by atoms with E-state index in [-0.39, 0.29) is 0 Å². The van der Waals surface area contributed by atoms with E-state index in [9.17, 15) is 0 Å². The SMILES string of the molecule is COc1ccc2cc(-c3[c]ccc(CC(C)C)c3)ccc2c1. The van der Waals surface area contributed by atoms with Crippen LogP contribution >= 0.6 is 0 Å². The molecule has 1 nitrogen and oxygen atoms in total. The Balaban J connectivity index is 1.99. The topological polar surface area (TPSA) is 9.23 Å². The predicted octanol–water partition coefficient (Wildman–Crippen LogP) is 5.51. The summed E-state index contributed by atoms with van der Waals surface area (Å²) in [6.45, 7) is 4.50. The van der Waals surface area contributed by atoms with Crippen molar-refractivity contribution >= 4 is 10.8 Å². The smallest absolute Gasteiger partial charge is 0.119 e. The Hall–Kier alpha value is -2.28. The summed E-state index contributed by atoms with van der Waals surface area (Å²) in [5.41, 5.74) is 3.75. The Morgan fingerprint density at radius 1 is 0.955 bits per heavy atom. The van der Waals surface area contributed by atoms with Gasteiger partial charge in [0.25, 0.3) is 0 Å². The molecule has 1 heteroatoms. The summed E-state index contributed by atoms with van der Waals surface area (Å²) in [7, 11) is 1.70. The minimum atomic E-state index is 0.666. The molecule has 22 heavy (non-hydrogen) atoms. The normalized spacial score (nSPS) is 11.1. The van der Waals surface area contributed by atoms with Crippen molar-refractivity contribution in [3.8, 4) is 16.9 Å². The number of hydrogen-bond donors (Lipinski definition) is 0. The molecule has 0 heterocycles. The molecule has 0 amide bonds. The molecule has 0 N–H and O–H groups in total. The van der Waals surface area contributed by atoms with Gasteiger partial charge >= 0.3 is 0 Å². The van der Waals surface area contributed by atoms with Crippen molar-refractivity contribution in [1.29, 1.82) is 0 Å². The fraction of sp³-hybridized carbons (Fsp3) is 0.238. The number of fused-ring (bicyclic) bond motifs is 1. The third kappa shape index (κ3) is 3.14. The van der Waals surface area contributed by atoms with E-state index in [0.717, 1.165) is 17.7 Å². The van der Waals surface area contributed by atoms with E-state index >= 15 is 0 Å². The van der Waals surface area contributed by atoms with Gasteiger partial charge in [0.1, 0.15) is 5.75 Å². The first-order valence-electron chi connectivity index (χ1n) is 7.74. The lowest BCUT2D eigenvalue weighted by atomic mass is 9.96. The zero-order valence-electron chi connectivity index (χ0n) is 13.4. The molecular weight excluding hydrogens is 268 g/mol. The standard InChI is InChI=1S/C21H21O/c1-15(2)11-16-5-4-6-17(12-16)18-7-8-20-14-21(22-3)10-9-19(20)13-18/h4-5,7-10,12-15H,11H2,1-3H3. The lowest BCUT2D eigenvalue weighted by molar-refractivity contribution is 0.415. The van der Waals surface area contributed by atoms with Gasteiger partial charge in [-0.15, -0.1) is 0 Å². The van der Waals surface area contributed by atoms with Crippen molar-refractivity contribution in [1.82, 2.24) is 0 Å². The van der Waals surface area contributed by atoms with E-state index in [1.165, 1.54) is 21.9 Å². The Morgan fingerprint density at radius 2 is 1.73 bits per heavy atom. The number of hydrogen-bond acceptors (Lipinski definition) is 1. The summed E-state index contributed by atoms with van der Waals surface area (Å²) in [5, 5.41) is 2.42. The highest BCUT2D eigenvalue weighted by molar-refractivity contribution is 5.88. The van der Waals surface area contributed by atoms with Crippen molar-refractivity contribution in [2.45, 2.75) is 20.3 Å². The molecule has 111 valence electrons. The Morgan fingerprint density at radius 3 is 2.50 bits per heavy atom. The van der Waals surface area contributed by atoms with Gasteiger partial charge in [0.05, 0.1) is 7.11 Å². The van der Waals surface area contributed by atoms with Gasteiger partial charge in [-0.25, -0.2) is 0 Å². The van der Waals surface area contributed by atoms with Crippen molar-refractivity contribution in [2.75, 3.05) is 7.11 Å². The molecule has 3 aromatic rings. The molecule has 0 atom stereocenters. The van der Waals surface area contributed by atoms with Crippen LogP contribution in [0.4, 0.5) is 0 Å². The third-order valence-corrected chi connectivity index (χ3v) is 3.87. The van der Waals surface area contributed by atoms with Gasteiger partial charge < -0.3 is 4.74 Å². The molecule has 0 unspecified atom stereocenters. The summed E-state index contributed by atoms with van der Waals surface area (Å²) >= 11 is 0. The van der Waals surface area contributed by atoms with E-state index in [2.05, 4.69) is 62.4 Å². The molecule has 3 aromatic carbocycles. The minimum Gasteiger partial charge on any atom is -0.497 e. The highest BCUT2D eigenvalue weighted by Crippen LogP contribution is 2.27. The average Bonchev–Trinajstić information content (AvgIpc) is 2.53. The van der Waals surface area contributed by atoms with Crippen LogP contribution in [0.2, 0.25) is 0 Å². The van der Waals surface area contributed by atoms with Crippen molar-refractivity contribution < 1.29 is 4.74 Å². The van der Waals surface area contributed by atoms with Crippen LogP contribution in [0.25, 0.3) is 21.9 Å². The summed E-state index contributed by atoms with van der Waals surface area (Å²) in [6.07, 6.45) is 1.10. The second-order valence-electron chi connectivity index (χ2n) is 6.14. The fourth-order valence-corrected chi connectivity index (χ4v) is 2.80. The van der Waals surface area contributed by atoms with Crippen LogP contribution in [0.1, 0.15) is 19.4 Å². The van der Waals surface area contributed by atoms with Crippen LogP contribution in [-0.2, 0) is 6.42 Å².